The number of allylic oxidation sites excluding steroid dienone is 1. The molecular formula is C25H50O2Si2. The Morgan fingerprint density at radius 2 is 1.28 bits per heavy atom. The van der Waals surface area contributed by atoms with Gasteiger partial charge in [-0.05, 0) is 51.4 Å². The van der Waals surface area contributed by atoms with Crippen molar-refractivity contribution in [2.45, 2.75) is 133 Å². The maximum absolute atomic E-state index is 6.79. The molecule has 0 aromatic heterocycles. The van der Waals surface area contributed by atoms with E-state index in [1.165, 1.54) is 96.3 Å². The highest BCUT2D eigenvalue weighted by molar-refractivity contribution is 6.70. The summed E-state index contributed by atoms with van der Waals surface area (Å²) in [7, 11) is -2.19. The third-order valence-electron chi connectivity index (χ3n) is 7.64. The second-order valence-corrected chi connectivity index (χ2v) is 16.2. The lowest BCUT2D eigenvalue weighted by molar-refractivity contribution is -0.164. The standard InChI is InChI=1S/C25H50O2Si2/c1-5-6-7-8-9-10-11-12-13-18-23-29(4)25(20-15-17-22-27-25)24(28(2)3)19-14-16-21-26-24/h18,23,28-29H,5-17,19-22H2,1-4H3. The summed E-state index contributed by atoms with van der Waals surface area (Å²) in [5.74, 6) is 0. The molecule has 0 radical (unpaired) electrons. The van der Waals surface area contributed by atoms with E-state index in [0.717, 1.165) is 13.2 Å². The monoisotopic (exact) mass is 438 g/mol. The fourth-order valence-corrected chi connectivity index (χ4v) is 13.0. The van der Waals surface area contributed by atoms with Gasteiger partial charge in [0.2, 0.25) is 0 Å². The van der Waals surface area contributed by atoms with Crippen LogP contribution >= 0.6 is 0 Å². The lowest BCUT2D eigenvalue weighted by Gasteiger charge is -2.57. The minimum Gasteiger partial charge on any atom is -0.376 e. The molecule has 2 heterocycles. The smallest absolute Gasteiger partial charge is 0.0988 e. The molecule has 3 atom stereocenters. The Balaban J connectivity index is 1.88. The van der Waals surface area contributed by atoms with Crippen molar-refractivity contribution in [3.63, 3.8) is 0 Å². The molecule has 0 bridgehead atoms. The van der Waals surface area contributed by atoms with E-state index in [0.29, 0.717) is 0 Å². The summed E-state index contributed by atoms with van der Waals surface area (Å²) < 4.78 is 13.5. The van der Waals surface area contributed by atoms with Crippen molar-refractivity contribution in [1.82, 2.24) is 0 Å². The SMILES string of the molecule is CCCCCCCCCCC=C[SiH](C)C1(C2([SiH](C)C)CCCCO2)CCCCO1. The lowest BCUT2D eigenvalue weighted by Crippen LogP contribution is -2.71. The first kappa shape index (κ1) is 25.4. The second kappa shape index (κ2) is 13.5. The third-order valence-corrected chi connectivity index (χ3v) is 14.0. The van der Waals surface area contributed by atoms with Gasteiger partial charge in [-0.1, -0.05) is 83.3 Å². The molecule has 2 aliphatic rings. The molecule has 0 aromatic rings. The third kappa shape index (κ3) is 6.79. The number of ether oxygens (including phenoxy) is 2. The normalized spacial score (nSPS) is 29.6. The van der Waals surface area contributed by atoms with Crippen LogP contribution in [0.1, 0.15) is 103 Å². The highest BCUT2D eigenvalue weighted by Gasteiger charge is 2.58. The van der Waals surface area contributed by atoms with Crippen LogP contribution in [0.15, 0.2) is 11.8 Å². The molecular weight excluding hydrogens is 388 g/mol. The van der Waals surface area contributed by atoms with Crippen molar-refractivity contribution < 1.29 is 9.47 Å². The topological polar surface area (TPSA) is 18.5 Å². The first-order chi connectivity index (χ1) is 14.1. The van der Waals surface area contributed by atoms with Crippen LogP contribution in [0.5, 0.6) is 0 Å². The number of rotatable bonds is 13. The van der Waals surface area contributed by atoms with Crippen LogP contribution in [0.3, 0.4) is 0 Å². The molecule has 3 unspecified atom stereocenters. The van der Waals surface area contributed by atoms with Gasteiger partial charge in [0, 0.05) is 13.2 Å². The fourth-order valence-electron chi connectivity index (χ4n) is 5.84. The maximum atomic E-state index is 6.79. The van der Waals surface area contributed by atoms with E-state index < -0.39 is 17.6 Å². The first-order valence-corrected chi connectivity index (χ1v) is 18.3. The second-order valence-electron chi connectivity index (χ2n) is 10.0. The van der Waals surface area contributed by atoms with Crippen molar-refractivity contribution in [1.29, 1.82) is 0 Å². The van der Waals surface area contributed by atoms with Gasteiger partial charge >= 0.3 is 0 Å². The van der Waals surface area contributed by atoms with Gasteiger partial charge in [0.15, 0.2) is 0 Å². The van der Waals surface area contributed by atoms with E-state index in [1.54, 1.807) is 0 Å². The summed E-state index contributed by atoms with van der Waals surface area (Å²) in [6.07, 6.45) is 22.7. The van der Waals surface area contributed by atoms with Gasteiger partial charge in [-0.15, -0.1) is 0 Å². The van der Waals surface area contributed by atoms with Gasteiger partial charge < -0.3 is 9.47 Å². The molecule has 29 heavy (non-hydrogen) atoms. The van der Waals surface area contributed by atoms with Crippen molar-refractivity contribution in [3.8, 4) is 0 Å². The summed E-state index contributed by atoms with van der Waals surface area (Å²) >= 11 is 0. The Kier molecular flexibility index (Phi) is 11.8. The van der Waals surface area contributed by atoms with Gasteiger partial charge in [0.25, 0.3) is 0 Å². The lowest BCUT2D eigenvalue weighted by atomic mass is 9.96. The molecule has 2 fully saturated rings. The van der Waals surface area contributed by atoms with Crippen LogP contribution < -0.4 is 0 Å². The maximum Gasteiger partial charge on any atom is 0.0988 e. The molecule has 0 aromatic carbocycles. The van der Waals surface area contributed by atoms with E-state index in [9.17, 15) is 0 Å². The van der Waals surface area contributed by atoms with Crippen LogP contribution in [-0.4, -0.2) is 41.3 Å². The van der Waals surface area contributed by atoms with Gasteiger partial charge in [-0.25, -0.2) is 0 Å². The van der Waals surface area contributed by atoms with E-state index in [4.69, 9.17) is 9.47 Å². The van der Waals surface area contributed by atoms with Gasteiger partial charge in [0.1, 0.15) is 0 Å². The van der Waals surface area contributed by atoms with E-state index in [1.807, 2.05) is 0 Å². The number of hydrogen-bond acceptors (Lipinski definition) is 2. The van der Waals surface area contributed by atoms with Crippen LogP contribution in [-0.2, 0) is 9.47 Å². The predicted molar refractivity (Wildman–Crippen MR) is 133 cm³/mol. The largest absolute Gasteiger partial charge is 0.376 e. The quantitative estimate of drug-likeness (QED) is 0.230. The summed E-state index contributed by atoms with van der Waals surface area (Å²) in [5.41, 5.74) is 2.63. The predicted octanol–water partition coefficient (Wildman–Crippen LogP) is 6.91. The van der Waals surface area contributed by atoms with Gasteiger partial charge in [-0.3, -0.25) is 0 Å². The molecule has 0 saturated carbocycles. The van der Waals surface area contributed by atoms with E-state index >= 15 is 0 Å². The number of hydrogen-bond donors (Lipinski definition) is 0. The van der Waals surface area contributed by atoms with Crippen LogP contribution in [0.2, 0.25) is 19.6 Å². The zero-order valence-corrected chi connectivity index (χ0v) is 22.5. The molecule has 2 nitrogen and oxygen atoms in total. The molecule has 0 amide bonds. The van der Waals surface area contributed by atoms with E-state index in [-0.39, 0.29) is 10.4 Å². The minimum atomic E-state index is -1.19. The molecule has 2 aliphatic heterocycles. The van der Waals surface area contributed by atoms with Crippen LogP contribution in [0.4, 0.5) is 0 Å². The average molecular weight is 439 g/mol. The highest BCUT2D eigenvalue weighted by atomic mass is 28.3. The molecule has 0 aliphatic carbocycles. The Morgan fingerprint density at radius 3 is 1.79 bits per heavy atom. The summed E-state index contributed by atoms with van der Waals surface area (Å²) in [6.45, 7) is 11.8. The summed E-state index contributed by atoms with van der Waals surface area (Å²) in [5, 5.41) is 0.141. The highest BCUT2D eigenvalue weighted by Crippen LogP contribution is 2.46. The molecule has 2 saturated heterocycles. The van der Waals surface area contributed by atoms with Crippen molar-refractivity contribution in [2.75, 3.05) is 13.2 Å². The Morgan fingerprint density at radius 1 is 0.724 bits per heavy atom. The van der Waals surface area contributed by atoms with Gasteiger partial charge in [0.05, 0.1) is 28.0 Å². The van der Waals surface area contributed by atoms with Crippen LogP contribution in [0, 0.1) is 0 Å². The number of unbranched alkanes of at least 4 members (excludes halogenated alkanes) is 8. The zero-order chi connectivity index (χ0) is 21.0. The zero-order valence-electron chi connectivity index (χ0n) is 20.1. The molecule has 4 heteroatoms. The van der Waals surface area contributed by atoms with Crippen molar-refractivity contribution >= 4 is 17.6 Å². The molecule has 170 valence electrons. The first-order valence-electron chi connectivity index (χ1n) is 13.0. The Hall–Kier alpha value is 0.0938. The molecule has 0 N–H and O–H groups in total. The van der Waals surface area contributed by atoms with E-state index in [2.05, 4.69) is 38.3 Å². The van der Waals surface area contributed by atoms with Crippen molar-refractivity contribution in [3.05, 3.63) is 11.8 Å². The Labute approximate surface area is 185 Å². The minimum absolute atomic E-state index is 0.0574. The molecule has 2 rings (SSSR count). The Bertz CT molecular complexity index is 452. The molecule has 0 spiro atoms. The van der Waals surface area contributed by atoms with Gasteiger partial charge in [-0.2, -0.15) is 0 Å². The average Bonchev–Trinajstić information content (AvgIpc) is 2.75. The summed E-state index contributed by atoms with van der Waals surface area (Å²) in [6, 6.07) is 0. The van der Waals surface area contributed by atoms with Crippen LogP contribution in [0.25, 0.3) is 0 Å². The van der Waals surface area contributed by atoms with Crippen molar-refractivity contribution in [2.24, 2.45) is 0 Å². The summed E-state index contributed by atoms with van der Waals surface area (Å²) in [4.78, 5) is 0. The fraction of sp³-hybridized carbons (Fsp3) is 0.920.